The lowest BCUT2D eigenvalue weighted by Gasteiger charge is -2.13. The molecule has 3 aromatic carbocycles. The Morgan fingerprint density at radius 3 is 2.24 bits per heavy atom. The van der Waals surface area contributed by atoms with Gasteiger partial charge in [-0.15, -0.1) is 0 Å². The van der Waals surface area contributed by atoms with Gasteiger partial charge < -0.3 is 16.0 Å². The molecular formula is C27H16Cl3F3N6O2. The van der Waals surface area contributed by atoms with Gasteiger partial charge in [-0.25, -0.2) is 14.8 Å². The molecule has 3 amide bonds. The number of alkyl halides is 3. The Morgan fingerprint density at radius 1 is 0.829 bits per heavy atom. The zero-order chi connectivity index (χ0) is 29.3. The third-order valence-electron chi connectivity index (χ3n) is 5.73. The van der Waals surface area contributed by atoms with Gasteiger partial charge in [0.05, 0.1) is 22.5 Å². The van der Waals surface area contributed by atoms with Crippen LogP contribution in [0.3, 0.4) is 0 Å². The van der Waals surface area contributed by atoms with Crippen molar-refractivity contribution in [1.82, 2.24) is 14.4 Å². The lowest BCUT2D eigenvalue weighted by molar-refractivity contribution is -0.137. The highest BCUT2D eigenvalue weighted by molar-refractivity contribution is 6.35. The number of hydrogen-bond donors (Lipinski definition) is 3. The average molecular weight is 620 g/mol. The van der Waals surface area contributed by atoms with Crippen LogP contribution in [0, 0.1) is 0 Å². The Morgan fingerprint density at radius 2 is 1.54 bits per heavy atom. The number of aromatic nitrogens is 3. The lowest BCUT2D eigenvalue weighted by atomic mass is 10.1. The Hall–Kier alpha value is -4.32. The molecule has 0 spiro atoms. The third-order valence-corrected chi connectivity index (χ3v) is 6.50. The highest BCUT2D eigenvalue weighted by atomic mass is 35.5. The summed E-state index contributed by atoms with van der Waals surface area (Å²) in [4.78, 5) is 33.9. The fourth-order valence-electron chi connectivity index (χ4n) is 3.96. The van der Waals surface area contributed by atoms with E-state index in [0.717, 1.165) is 12.1 Å². The van der Waals surface area contributed by atoms with Gasteiger partial charge in [0.1, 0.15) is 0 Å². The molecule has 0 saturated carbocycles. The summed E-state index contributed by atoms with van der Waals surface area (Å²) in [5, 5.41) is 7.80. The van der Waals surface area contributed by atoms with E-state index in [1.54, 1.807) is 41.1 Å². The SMILES string of the molecule is O=C(Nc1cccc(-c2cnc3c(NC(=O)c4cc(Cl)cc(Cl)c4)nccn23)c1)Nc1ccc(Cl)c(C(F)(F)F)c1. The normalized spacial score (nSPS) is 11.4. The predicted octanol–water partition coefficient (Wildman–Crippen LogP) is 8.27. The summed E-state index contributed by atoms with van der Waals surface area (Å²) in [5.74, 6) is -0.297. The maximum absolute atomic E-state index is 13.1. The quantitative estimate of drug-likeness (QED) is 0.184. The number of carbonyl (C=O) groups is 2. The Balaban J connectivity index is 1.35. The predicted molar refractivity (Wildman–Crippen MR) is 152 cm³/mol. The lowest BCUT2D eigenvalue weighted by Crippen LogP contribution is -2.20. The van der Waals surface area contributed by atoms with Crippen molar-refractivity contribution < 1.29 is 22.8 Å². The fraction of sp³-hybridized carbons (Fsp3) is 0.0370. The summed E-state index contributed by atoms with van der Waals surface area (Å²) in [5.41, 5.74) is 1.06. The second-order valence-electron chi connectivity index (χ2n) is 8.58. The molecule has 5 aromatic rings. The second kappa shape index (κ2) is 11.3. The molecule has 208 valence electrons. The van der Waals surface area contributed by atoms with Crippen molar-refractivity contribution in [3.63, 3.8) is 0 Å². The van der Waals surface area contributed by atoms with Crippen LogP contribution in [0.25, 0.3) is 16.9 Å². The molecule has 0 fully saturated rings. The monoisotopic (exact) mass is 618 g/mol. The molecule has 0 radical (unpaired) electrons. The van der Waals surface area contributed by atoms with Gasteiger partial charge in [-0.3, -0.25) is 9.20 Å². The molecule has 3 N–H and O–H groups in total. The molecule has 41 heavy (non-hydrogen) atoms. The average Bonchev–Trinajstić information content (AvgIpc) is 3.34. The van der Waals surface area contributed by atoms with Gasteiger partial charge in [0.15, 0.2) is 11.5 Å². The summed E-state index contributed by atoms with van der Waals surface area (Å²) >= 11 is 17.6. The Kier molecular flexibility index (Phi) is 7.76. The van der Waals surface area contributed by atoms with Gasteiger partial charge in [0.2, 0.25) is 0 Å². The van der Waals surface area contributed by atoms with Crippen molar-refractivity contribution in [1.29, 1.82) is 0 Å². The number of rotatable bonds is 5. The highest BCUT2D eigenvalue weighted by Crippen LogP contribution is 2.36. The minimum Gasteiger partial charge on any atom is -0.308 e. The maximum atomic E-state index is 13.1. The minimum absolute atomic E-state index is 0.0840. The van der Waals surface area contributed by atoms with E-state index in [9.17, 15) is 22.8 Å². The van der Waals surface area contributed by atoms with E-state index in [2.05, 4.69) is 25.9 Å². The molecule has 0 saturated heterocycles. The van der Waals surface area contributed by atoms with Crippen LogP contribution in [0.5, 0.6) is 0 Å². The van der Waals surface area contributed by atoms with Gasteiger partial charge in [0, 0.05) is 44.9 Å². The number of fused-ring (bicyclic) bond motifs is 1. The largest absolute Gasteiger partial charge is 0.417 e. The molecule has 2 aromatic heterocycles. The summed E-state index contributed by atoms with van der Waals surface area (Å²) in [6.45, 7) is 0. The number of imidazole rings is 1. The molecule has 0 aliphatic carbocycles. The third kappa shape index (κ3) is 6.37. The molecule has 0 unspecified atom stereocenters. The molecule has 0 aliphatic rings. The van der Waals surface area contributed by atoms with Crippen molar-refractivity contribution in [3.8, 4) is 11.3 Å². The van der Waals surface area contributed by atoms with E-state index < -0.39 is 28.7 Å². The molecule has 8 nitrogen and oxygen atoms in total. The standard InChI is InChI=1S/C27H16Cl3F3N6O2/c28-16-8-15(9-17(29)11-16)25(40)38-23-24-35-13-22(39(24)7-6-34-23)14-2-1-3-18(10-14)36-26(41)37-19-4-5-21(30)20(12-19)27(31,32)33/h1-13H,(H,34,38,40)(H2,36,37,41). The van der Waals surface area contributed by atoms with Crippen molar-refractivity contribution in [3.05, 3.63) is 105 Å². The number of urea groups is 1. The first-order valence-corrected chi connectivity index (χ1v) is 12.8. The van der Waals surface area contributed by atoms with Crippen LogP contribution in [-0.4, -0.2) is 26.3 Å². The van der Waals surface area contributed by atoms with Crippen LogP contribution in [0.15, 0.2) is 79.3 Å². The number of hydrogen-bond acceptors (Lipinski definition) is 4. The molecule has 0 bridgehead atoms. The van der Waals surface area contributed by atoms with Crippen molar-refractivity contribution in [2.45, 2.75) is 6.18 Å². The van der Waals surface area contributed by atoms with Gasteiger partial charge in [0.25, 0.3) is 5.91 Å². The van der Waals surface area contributed by atoms with Crippen molar-refractivity contribution in [2.75, 3.05) is 16.0 Å². The fourth-order valence-corrected chi connectivity index (χ4v) is 4.71. The van der Waals surface area contributed by atoms with Crippen LogP contribution in [0.4, 0.5) is 35.2 Å². The molecule has 0 aliphatic heterocycles. The summed E-state index contributed by atoms with van der Waals surface area (Å²) in [6.07, 6.45) is 0.0219. The number of carbonyl (C=O) groups excluding carboxylic acids is 2. The molecule has 2 heterocycles. The van der Waals surface area contributed by atoms with E-state index in [4.69, 9.17) is 34.8 Å². The first-order valence-electron chi connectivity index (χ1n) is 11.6. The topological polar surface area (TPSA) is 100 Å². The zero-order valence-electron chi connectivity index (χ0n) is 20.4. The molecule has 5 rings (SSSR count). The Labute approximate surface area is 245 Å². The summed E-state index contributed by atoms with van der Waals surface area (Å²) < 4.78 is 41.1. The van der Waals surface area contributed by atoms with Gasteiger partial charge in [-0.05, 0) is 48.5 Å². The van der Waals surface area contributed by atoms with E-state index in [1.807, 2.05) is 0 Å². The second-order valence-corrected chi connectivity index (χ2v) is 9.86. The molecule has 0 atom stereocenters. The summed E-state index contributed by atoms with van der Waals surface area (Å²) in [6, 6.07) is 13.5. The number of amides is 3. The van der Waals surface area contributed by atoms with Crippen LogP contribution in [-0.2, 0) is 6.18 Å². The Bertz CT molecular complexity index is 1790. The van der Waals surface area contributed by atoms with E-state index in [1.165, 1.54) is 30.5 Å². The maximum Gasteiger partial charge on any atom is 0.417 e. The van der Waals surface area contributed by atoms with Gasteiger partial charge in [-0.2, -0.15) is 13.2 Å². The van der Waals surface area contributed by atoms with Crippen LogP contribution in [0.1, 0.15) is 15.9 Å². The number of nitrogens with one attached hydrogen (secondary N) is 3. The smallest absolute Gasteiger partial charge is 0.308 e. The first-order chi connectivity index (χ1) is 19.5. The molecular weight excluding hydrogens is 604 g/mol. The van der Waals surface area contributed by atoms with Gasteiger partial charge >= 0.3 is 12.2 Å². The van der Waals surface area contributed by atoms with Crippen molar-refractivity contribution in [2.24, 2.45) is 0 Å². The van der Waals surface area contributed by atoms with Crippen LogP contribution in [0.2, 0.25) is 15.1 Å². The zero-order valence-corrected chi connectivity index (χ0v) is 22.7. The van der Waals surface area contributed by atoms with E-state index in [0.29, 0.717) is 32.6 Å². The minimum atomic E-state index is -4.67. The number of nitrogens with zero attached hydrogens (tertiary/aromatic N) is 3. The number of anilines is 3. The van der Waals surface area contributed by atoms with Crippen molar-refractivity contribution >= 4 is 69.6 Å². The van der Waals surface area contributed by atoms with Gasteiger partial charge in [-0.1, -0.05) is 46.9 Å². The van der Waals surface area contributed by atoms with E-state index in [-0.39, 0.29) is 17.1 Å². The first kappa shape index (κ1) is 28.2. The van der Waals surface area contributed by atoms with Crippen LogP contribution >= 0.6 is 34.8 Å². The van der Waals surface area contributed by atoms with E-state index >= 15 is 0 Å². The van der Waals surface area contributed by atoms with Crippen LogP contribution < -0.4 is 16.0 Å². The highest BCUT2D eigenvalue weighted by Gasteiger charge is 2.33. The number of benzene rings is 3. The number of halogens is 6. The molecule has 14 heteroatoms. The summed E-state index contributed by atoms with van der Waals surface area (Å²) in [7, 11) is 0.